The van der Waals surface area contributed by atoms with Crippen LogP contribution in [0.15, 0.2) is 73.2 Å². The van der Waals surface area contributed by atoms with Gasteiger partial charge in [0.25, 0.3) is 0 Å². The van der Waals surface area contributed by atoms with Crippen molar-refractivity contribution in [3.8, 4) is 22.9 Å². The maximum atomic E-state index is 12.9. The Morgan fingerprint density at radius 1 is 1.15 bits per heavy atom. The summed E-state index contributed by atoms with van der Waals surface area (Å²) >= 11 is 0. The van der Waals surface area contributed by atoms with Crippen LogP contribution in [0.2, 0.25) is 0 Å². The van der Waals surface area contributed by atoms with Crippen LogP contribution in [0.25, 0.3) is 22.2 Å². The fourth-order valence-corrected chi connectivity index (χ4v) is 5.36. The van der Waals surface area contributed by atoms with E-state index in [9.17, 15) is 10.1 Å². The Kier molecular flexibility index (Phi) is 6.27. The molecule has 1 amide bonds. The van der Waals surface area contributed by atoms with Crippen LogP contribution >= 0.6 is 0 Å². The molecule has 0 spiro atoms. The fraction of sp³-hybridized carbons (Fsp3) is 0.290. The first-order valence-corrected chi connectivity index (χ1v) is 13.3. The highest BCUT2D eigenvalue weighted by atomic mass is 16.5. The van der Waals surface area contributed by atoms with E-state index in [2.05, 4.69) is 28.3 Å². The summed E-state index contributed by atoms with van der Waals surface area (Å²) in [5.74, 6) is 1.55. The maximum Gasteiger partial charge on any atom is 0.231 e. The highest BCUT2D eigenvalue weighted by molar-refractivity contribution is 6.03. The third-order valence-electron chi connectivity index (χ3n) is 7.65. The second-order valence-corrected chi connectivity index (χ2v) is 10.4. The van der Waals surface area contributed by atoms with Gasteiger partial charge in [0, 0.05) is 36.0 Å². The lowest BCUT2D eigenvalue weighted by atomic mass is 9.89. The number of benzene rings is 1. The minimum absolute atomic E-state index is 0.0875. The third-order valence-corrected chi connectivity index (χ3v) is 7.65. The second kappa shape index (κ2) is 9.91. The molecule has 0 bridgehead atoms. The molecule has 4 heterocycles. The summed E-state index contributed by atoms with van der Waals surface area (Å²) in [5.41, 5.74) is 4.98. The van der Waals surface area contributed by atoms with Crippen LogP contribution in [-0.4, -0.2) is 45.7 Å². The first-order valence-electron chi connectivity index (χ1n) is 13.3. The molecule has 3 aromatic heterocycles. The van der Waals surface area contributed by atoms with Gasteiger partial charge in [-0.2, -0.15) is 10.4 Å². The first kappa shape index (κ1) is 24.7. The summed E-state index contributed by atoms with van der Waals surface area (Å²) in [6.45, 7) is 6.21. The Balaban J connectivity index is 1.12. The molecular formula is C31H30N6O2. The number of fused-ring (bicyclic) bond motifs is 1. The van der Waals surface area contributed by atoms with Crippen LogP contribution in [0.3, 0.4) is 0 Å². The second-order valence-electron chi connectivity index (χ2n) is 10.4. The van der Waals surface area contributed by atoms with E-state index in [1.54, 1.807) is 16.9 Å². The number of hydrogen-bond acceptors (Lipinski definition) is 6. The average molecular weight is 519 g/mol. The van der Waals surface area contributed by atoms with E-state index in [1.165, 1.54) is 0 Å². The van der Waals surface area contributed by atoms with Gasteiger partial charge in [-0.15, -0.1) is 0 Å². The van der Waals surface area contributed by atoms with E-state index >= 15 is 0 Å². The first-order chi connectivity index (χ1) is 19.0. The van der Waals surface area contributed by atoms with E-state index < -0.39 is 0 Å². The van der Waals surface area contributed by atoms with Gasteiger partial charge in [0.2, 0.25) is 5.91 Å². The number of carbonyl (C=O) groups is 1. The van der Waals surface area contributed by atoms with Gasteiger partial charge >= 0.3 is 0 Å². The standard InChI is InChI=1S/C31H30N6O2/c1-3-39-24-15-26(29-23(17-32)19-34-37(29)20-24)22-9-10-28(33-18-22)36-13-11-31(2,12-14-36)35-30(38)27-16-25(27)21-7-5-4-6-8-21/h4-10,15-16,18-20,27H,3,11-14H2,1-2H3,(H,35,38). The number of piperidine rings is 1. The van der Waals surface area contributed by atoms with Gasteiger partial charge in [-0.1, -0.05) is 36.4 Å². The summed E-state index contributed by atoms with van der Waals surface area (Å²) < 4.78 is 7.41. The zero-order valence-electron chi connectivity index (χ0n) is 22.1. The summed E-state index contributed by atoms with van der Waals surface area (Å²) in [5, 5.41) is 17.2. The number of amides is 1. The average Bonchev–Trinajstić information content (AvgIpc) is 3.66. The molecule has 1 N–H and O–H groups in total. The van der Waals surface area contributed by atoms with Crippen LogP contribution in [0, 0.1) is 17.2 Å². The third kappa shape index (κ3) is 4.84. The highest BCUT2D eigenvalue weighted by Gasteiger charge is 2.38. The summed E-state index contributed by atoms with van der Waals surface area (Å²) in [7, 11) is 0. The van der Waals surface area contributed by atoms with Gasteiger partial charge in [0.1, 0.15) is 17.6 Å². The molecule has 196 valence electrons. The lowest BCUT2D eigenvalue weighted by molar-refractivity contribution is -0.123. The van der Waals surface area contributed by atoms with Crippen LogP contribution in [0.5, 0.6) is 5.75 Å². The van der Waals surface area contributed by atoms with Crippen molar-refractivity contribution in [3.63, 3.8) is 0 Å². The maximum absolute atomic E-state index is 12.9. The number of pyridine rings is 2. The largest absolute Gasteiger partial charge is 0.492 e. The summed E-state index contributed by atoms with van der Waals surface area (Å²) in [6, 6.07) is 18.3. The zero-order valence-corrected chi connectivity index (χ0v) is 22.1. The SMILES string of the molecule is CCOc1cc(-c2ccc(N3CCC(C)(NC(=O)C4C=C4c4ccccc4)CC3)nc2)c2c(C#N)cnn2c1. The molecule has 8 heteroatoms. The number of anilines is 1. The predicted octanol–water partition coefficient (Wildman–Crippen LogP) is 4.86. The number of rotatable bonds is 7. The molecule has 1 aliphatic carbocycles. The monoisotopic (exact) mass is 518 g/mol. The van der Waals surface area contributed by atoms with E-state index in [0.717, 1.165) is 59.5 Å². The molecule has 1 aliphatic heterocycles. The number of nitriles is 1. The van der Waals surface area contributed by atoms with Crippen LogP contribution in [0.4, 0.5) is 5.82 Å². The number of ether oxygens (including phenoxy) is 1. The fourth-order valence-electron chi connectivity index (χ4n) is 5.36. The van der Waals surface area contributed by atoms with E-state index in [0.29, 0.717) is 17.9 Å². The minimum atomic E-state index is -0.243. The van der Waals surface area contributed by atoms with Gasteiger partial charge < -0.3 is 15.0 Å². The number of hydrogen-bond donors (Lipinski definition) is 1. The lowest BCUT2D eigenvalue weighted by Crippen LogP contribution is -2.54. The Bertz CT molecular complexity index is 1590. The van der Waals surface area contributed by atoms with Crippen molar-refractivity contribution in [3.05, 3.63) is 84.3 Å². The Morgan fingerprint density at radius 2 is 1.95 bits per heavy atom. The molecule has 6 rings (SSSR count). The van der Waals surface area contributed by atoms with E-state index in [1.807, 2.05) is 67.7 Å². The molecule has 1 atom stereocenters. The zero-order chi connectivity index (χ0) is 27.0. The van der Waals surface area contributed by atoms with Gasteiger partial charge in [-0.05, 0) is 56.0 Å². The van der Waals surface area contributed by atoms with Crippen molar-refractivity contribution in [2.24, 2.45) is 5.92 Å². The molecule has 0 saturated carbocycles. The molecule has 1 fully saturated rings. The molecular weight excluding hydrogens is 488 g/mol. The lowest BCUT2D eigenvalue weighted by Gasteiger charge is -2.40. The highest BCUT2D eigenvalue weighted by Crippen LogP contribution is 2.39. The number of nitrogens with zero attached hydrogens (tertiary/aromatic N) is 5. The molecule has 1 saturated heterocycles. The molecule has 1 aromatic carbocycles. The molecule has 4 aromatic rings. The van der Waals surface area contributed by atoms with Crippen molar-refractivity contribution in [1.29, 1.82) is 5.26 Å². The normalized spacial score (nSPS) is 17.8. The van der Waals surface area contributed by atoms with Crippen LogP contribution in [0.1, 0.15) is 37.8 Å². The van der Waals surface area contributed by atoms with Crippen molar-refractivity contribution in [1.82, 2.24) is 19.9 Å². The van der Waals surface area contributed by atoms with E-state index in [-0.39, 0.29) is 17.4 Å². The minimum Gasteiger partial charge on any atom is -0.492 e. The topological polar surface area (TPSA) is 95.5 Å². The van der Waals surface area contributed by atoms with Crippen molar-refractivity contribution in [2.75, 3.05) is 24.6 Å². The Hall–Kier alpha value is -4.64. The quantitative estimate of drug-likeness (QED) is 0.376. The smallest absolute Gasteiger partial charge is 0.231 e. The van der Waals surface area contributed by atoms with Gasteiger partial charge in [-0.3, -0.25) is 4.79 Å². The molecule has 8 nitrogen and oxygen atoms in total. The summed E-state index contributed by atoms with van der Waals surface area (Å²) in [4.78, 5) is 20.0. The predicted molar refractivity (Wildman–Crippen MR) is 150 cm³/mol. The number of aromatic nitrogens is 3. The van der Waals surface area contributed by atoms with Gasteiger partial charge in [0.15, 0.2) is 0 Å². The van der Waals surface area contributed by atoms with Crippen molar-refractivity contribution in [2.45, 2.75) is 32.2 Å². The Labute approximate surface area is 227 Å². The molecule has 1 unspecified atom stereocenters. The van der Waals surface area contributed by atoms with Crippen molar-refractivity contribution < 1.29 is 9.53 Å². The van der Waals surface area contributed by atoms with Crippen LogP contribution < -0.4 is 15.0 Å². The molecule has 39 heavy (non-hydrogen) atoms. The van der Waals surface area contributed by atoms with Crippen molar-refractivity contribution >= 4 is 22.8 Å². The summed E-state index contributed by atoms with van der Waals surface area (Å²) in [6.07, 6.45) is 8.92. The van der Waals surface area contributed by atoms with Gasteiger partial charge in [0.05, 0.1) is 36.0 Å². The Morgan fingerprint density at radius 3 is 2.64 bits per heavy atom. The van der Waals surface area contributed by atoms with E-state index in [4.69, 9.17) is 9.72 Å². The number of nitrogens with one attached hydrogen (secondary N) is 1. The van der Waals surface area contributed by atoms with Crippen LogP contribution in [-0.2, 0) is 4.79 Å². The molecule has 0 radical (unpaired) electrons. The number of carbonyl (C=O) groups excluding carboxylic acids is 1. The molecule has 2 aliphatic rings. The van der Waals surface area contributed by atoms with Gasteiger partial charge in [-0.25, -0.2) is 9.50 Å².